The summed E-state index contributed by atoms with van der Waals surface area (Å²) >= 11 is 0. The predicted octanol–water partition coefficient (Wildman–Crippen LogP) is 1.37. The van der Waals surface area contributed by atoms with Crippen molar-refractivity contribution in [3.8, 4) is 5.75 Å². The molecule has 1 aromatic carbocycles. The second-order valence-corrected chi connectivity index (χ2v) is 4.89. The summed E-state index contributed by atoms with van der Waals surface area (Å²) in [4.78, 5) is 13.3. The van der Waals surface area contributed by atoms with Gasteiger partial charge in [0.1, 0.15) is 18.5 Å². The molecule has 0 bridgehead atoms. The van der Waals surface area contributed by atoms with Crippen LogP contribution in [0.25, 0.3) is 0 Å². The number of epoxide rings is 1. The molecule has 0 aromatic heterocycles. The Labute approximate surface area is 106 Å². The van der Waals surface area contributed by atoms with E-state index in [1.54, 1.807) is 6.92 Å². The predicted molar refractivity (Wildman–Crippen MR) is 66.5 cm³/mol. The van der Waals surface area contributed by atoms with E-state index in [9.17, 15) is 4.79 Å². The standard InChI is InChI=1S/C14H17NO3/c1-10(16)15-5-4-11-2-3-13(6-12(11)7-15)17-8-14-9-18-14/h2-3,6,14H,4-5,7-9H2,1H3. The van der Waals surface area contributed by atoms with Crippen molar-refractivity contribution >= 4 is 5.91 Å². The molecule has 4 heteroatoms. The number of nitrogens with zero attached hydrogens (tertiary/aromatic N) is 1. The molecule has 3 rings (SSSR count). The highest BCUT2D eigenvalue weighted by atomic mass is 16.6. The molecule has 1 aromatic rings. The van der Waals surface area contributed by atoms with Crippen molar-refractivity contribution in [1.82, 2.24) is 4.90 Å². The summed E-state index contributed by atoms with van der Waals surface area (Å²) in [6, 6.07) is 6.16. The minimum absolute atomic E-state index is 0.137. The van der Waals surface area contributed by atoms with E-state index in [1.165, 1.54) is 11.1 Å². The van der Waals surface area contributed by atoms with Gasteiger partial charge in [0.25, 0.3) is 0 Å². The molecule has 2 heterocycles. The van der Waals surface area contributed by atoms with E-state index < -0.39 is 0 Å². The van der Waals surface area contributed by atoms with E-state index in [2.05, 4.69) is 6.07 Å². The molecule has 96 valence electrons. The van der Waals surface area contributed by atoms with Crippen LogP contribution in [0.5, 0.6) is 5.75 Å². The Kier molecular flexibility index (Phi) is 2.96. The summed E-state index contributed by atoms with van der Waals surface area (Å²) < 4.78 is 10.8. The second-order valence-electron chi connectivity index (χ2n) is 4.89. The van der Waals surface area contributed by atoms with Crippen LogP contribution in [-0.2, 0) is 22.5 Å². The summed E-state index contributed by atoms with van der Waals surface area (Å²) in [6.45, 7) is 4.56. The topological polar surface area (TPSA) is 42.1 Å². The molecule has 2 aliphatic heterocycles. The molecular weight excluding hydrogens is 230 g/mol. The van der Waals surface area contributed by atoms with Crippen molar-refractivity contribution in [2.45, 2.75) is 26.0 Å². The molecule has 1 fully saturated rings. The lowest BCUT2D eigenvalue weighted by molar-refractivity contribution is -0.129. The van der Waals surface area contributed by atoms with Gasteiger partial charge in [0.15, 0.2) is 0 Å². The van der Waals surface area contributed by atoms with Gasteiger partial charge < -0.3 is 14.4 Å². The van der Waals surface area contributed by atoms with Crippen LogP contribution >= 0.6 is 0 Å². The van der Waals surface area contributed by atoms with Gasteiger partial charge in [-0.25, -0.2) is 0 Å². The first-order valence-corrected chi connectivity index (χ1v) is 6.34. The molecule has 0 radical (unpaired) electrons. The second kappa shape index (κ2) is 4.61. The zero-order valence-corrected chi connectivity index (χ0v) is 10.5. The Balaban J connectivity index is 1.72. The first kappa shape index (κ1) is 11.5. The molecule has 1 atom stereocenters. The fourth-order valence-corrected chi connectivity index (χ4v) is 2.25. The summed E-state index contributed by atoms with van der Waals surface area (Å²) in [7, 11) is 0. The molecule has 0 saturated carbocycles. The number of rotatable bonds is 3. The molecule has 0 N–H and O–H groups in total. The lowest BCUT2D eigenvalue weighted by atomic mass is 9.99. The van der Waals surface area contributed by atoms with Gasteiger partial charge in [-0.2, -0.15) is 0 Å². The van der Waals surface area contributed by atoms with Crippen molar-refractivity contribution in [3.63, 3.8) is 0 Å². The summed E-state index contributed by atoms with van der Waals surface area (Å²) in [5.74, 6) is 1.01. The smallest absolute Gasteiger partial charge is 0.219 e. The number of amides is 1. The van der Waals surface area contributed by atoms with Crippen LogP contribution < -0.4 is 4.74 Å². The fraction of sp³-hybridized carbons (Fsp3) is 0.500. The third-order valence-corrected chi connectivity index (χ3v) is 3.47. The zero-order valence-electron chi connectivity index (χ0n) is 10.5. The molecule has 0 spiro atoms. The number of fused-ring (bicyclic) bond motifs is 1. The van der Waals surface area contributed by atoms with Gasteiger partial charge >= 0.3 is 0 Å². The number of carbonyl (C=O) groups excluding carboxylic acids is 1. The number of carbonyl (C=O) groups is 1. The fourth-order valence-electron chi connectivity index (χ4n) is 2.25. The summed E-state index contributed by atoms with van der Waals surface area (Å²) in [5.41, 5.74) is 2.52. The molecule has 2 aliphatic rings. The first-order chi connectivity index (χ1) is 8.72. The Hall–Kier alpha value is -1.55. The molecule has 1 saturated heterocycles. The highest BCUT2D eigenvalue weighted by Gasteiger charge is 2.23. The Bertz CT molecular complexity index is 468. The van der Waals surface area contributed by atoms with Gasteiger partial charge in [-0.3, -0.25) is 4.79 Å². The van der Waals surface area contributed by atoms with Crippen molar-refractivity contribution in [1.29, 1.82) is 0 Å². The van der Waals surface area contributed by atoms with Gasteiger partial charge in [-0.05, 0) is 29.7 Å². The van der Waals surface area contributed by atoms with Crippen molar-refractivity contribution in [3.05, 3.63) is 29.3 Å². The number of ether oxygens (including phenoxy) is 2. The van der Waals surface area contributed by atoms with Gasteiger partial charge in [-0.15, -0.1) is 0 Å². The average Bonchev–Trinajstić information content (AvgIpc) is 3.19. The van der Waals surface area contributed by atoms with E-state index in [0.29, 0.717) is 13.2 Å². The zero-order chi connectivity index (χ0) is 12.5. The molecule has 1 amide bonds. The first-order valence-electron chi connectivity index (χ1n) is 6.34. The van der Waals surface area contributed by atoms with E-state index in [-0.39, 0.29) is 12.0 Å². The summed E-state index contributed by atoms with van der Waals surface area (Å²) in [6.07, 6.45) is 1.20. The van der Waals surface area contributed by atoms with Gasteiger partial charge in [-0.1, -0.05) is 6.07 Å². The van der Waals surface area contributed by atoms with Gasteiger partial charge in [0.2, 0.25) is 5.91 Å². The molecular formula is C14H17NO3. The minimum Gasteiger partial charge on any atom is -0.491 e. The van der Waals surface area contributed by atoms with Gasteiger partial charge in [0, 0.05) is 20.0 Å². The highest BCUT2D eigenvalue weighted by Crippen LogP contribution is 2.24. The Morgan fingerprint density at radius 1 is 1.50 bits per heavy atom. The van der Waals surface area contributed by atoms with Crippen molar-refractivity contribution in [2.24, 2.45) is 0 Å². The van der Waals surface area contributed by atoms with Crippen molar-refractivity contribution < 1.29 is 14.3 Å². The molecule has 0 aliphatic carbocycles. The van der Waals surface area contributed by atoms with E-state index in [0.717, 1.165) is 25.3 Å². The minimum atomic E-state index is 0.137. The number of benzene rings is 1. The number of hydrogen-bond donors (Lipinski definition) is 0. The molecule has 18 heavy (non-hydrogen) atoms. The largest absolute Gasteiger partial charge is 0.491 e. The Morgan fingerprint density at radius 2 is 2.33 bits per heavy atom. The maximum atomic E-state index is 11.4. The maximum Gasteiger partial charge on any atom is 0.219 e. The third kappa shape index (κ3) is 2.48. The highest BCUT2D eigenvalue weighted by molar-refractivity contribution is 5.73. The van der Waals surface area contributed by atoms with Crippen LogP contribution in [0.2, 0.25) is 0 Å². The van der Waals surface area contributed by atoms with E-state index in [4.69, 9.17) is 9.47 Å². The van der Waals surface area contributed by atoms with Crippen LogP contribution in [0.3, 0.4) is 0 Å². The van der Waals surface area contributed by atoms with Gasteiger partial charge in [0.05, 0.1) is 6.61 Å². The monoisotopic (exact) mass is 247 g/mol. The average molecular weight is 247 g/mol. The summed E-state index contributed by atoms with van der Waals surface area (Å²) in [5, 5.41) is 0. The molecule has 4 nitrogen and oxygen atoms in total. The van der Waals surface area contributed by atoms with Crippen LogP contribution in [0.1, 0.15) is 18.1 Å². The van der Waals surface area contributed by atoms with E-state index in [1.807, 2.05) is 17.0 Å². The van der Waals surface area contributed by atoms with Crippen LogP contribution in [0.4, 0.5) is 0 Å². The van der Waals surface area contributed by atoms with Crippen LogP contribution in [0, 0.1) is 0 Å². The SMILES string of the molecule is CC(=O)N1CCc2ccc(OCC3CO3)cc2C1. The number of hydrogen-bond acceptors (Lipinski definition) is 3. The van der Waals surface area contributed by atoms with Crippen LogP contribution in [-0.4, -0.2) is 36.7 Å². The molecule has 1 unspecified atom stereocenters. The third-order valence-electron chi connectivity index (χ3n) is 3.47. The lowest BCUT2D eigenvalue weighted by Crippen LogP contribution is -2.34. The lowest BCUT2D eigenvalue weighted by Gasteiger charge is -2.28. The quantitative estimate of drug-likeness (QED) is 0.758. The van der Waals surface area contributed by atoms with Crippen molar-refractivity contribution in [2.75, 3.05) is 19.8 Å². The van der Waals surface area contributed by atoms with Crippen LogP contribution in [0.15, 0.2) is 18.2 Å². The normalized spacial score (nSPS) is 21.4. The van der Waals surface area contributed by atoms with E-state index >= 15 is 0 Å². The maximum absolute atomic E-state index is 11.4. The Morgan fingerprint density at radius 3 is 3.06 bits per heavy atom.